The van der Waals surface area contributed by atoms with Crippen LogP contribution < -0.4 is 40.4 Å². The van der Waals surface area contributed by atoms with Gasteiger partial charge >= 0.3 is 29.6 Å². The van der Waals surface area contributed by atoms with E-state index in [4.69, 9.17) is 10.8 Å². The zero-order valence-electron chi connectivity index (χ0n) is 7.36. The average Bonchev–Trinajstić information content (AvgIpc) is 1.96. The number of aliphatic hydroxyl groups is 1. The van der Waals surface area contributed by atoms with Crippen molar-refractivity contribution in [2.24, 2.45) is 5.73 Å². The van der Waals surface area contributed by atoms with Crippen molar-refractivity contribution in [3.05, 3.63) is 0 Å². The molecule has 3 N–H and O–H groups in total. The van der Waals surface area contributed by atoms with E-state index in [1.807, 2.05) is 0 Å². The number of amides is 1. The molecule has 70 valence electrons. The first-order valence-corrected chi connectivity index (χ1v) is 4.34. The van der Waals surface area contributed by atoms with Gasteiger partial charge in [-0.3, -0.25) is 4.79 Å². The molecule has 0 aromatic heterocycles. The Morgan fingerprint density at radius 2 is 2.08 bits per heavy atom. The Morgan fingerprint density at radius 1 is 1.54 bits per heavy atom. The maximum absolute atomic E-state index is 10.6. The molecule has 0 spiro atoms. The number of nitrogens with two attached hydrogens (primary N) is 1. The number of primary amides is 1. The number of thioether (sulfide) groups is 1. The summed E-state index contributed by atoms with van der Waals surface area (Å²) in [5.41, 5.74) is 4.89. The minimum Gasteiger partial charge on any atom is -0.550 e. The third-order valence-electron chi connectivity index (χ3n) is 1.08. The number of aliphatic hydroxyl groups excluding tert-OH is 1. The van der Waals surface area contributed by atoms with E-state index >= 15 is 0 Å². The first kappa shape index (κ1) is 15.7. The van der Waals surface area contributed by atoms with Gasteiger partial charge in [0.1, 0.15) is 0 Å². The van der Waals surface area contributed by atoms with Crippen molar-refractivity contribution in [1.82, 2.24) is 0 Å². The van der Waals surface area contributed by atoms with Crippen molar-refractivity contribution < 1.29 is 49.4 Å². The molecule has 1 unspecified atom stereocenters. The normalized spacial score (nSPS) is 11.5. The zero-order valence-corrected chi connectivity index (χ0v) is 10.2. The summed E-state index contributed by atoms with van der Waals surface area (Å²) in [6, 6.07) is 0. The molecule has 1 amide bonds. The van der Waals surface area contributed by atoms with Gasteiger partial charge in [0.15, 0.2) is 0 Å². The Morgan fingerprint density at radius 3 is 2.38 bits per heavy atom. The van der Waals surface area contributed by atoms with Crippen LogP contribution >= 0.6 is 11.8 Å². The van der Waals surface area contributed by atoms with Gasteiger partial charge in [-0.05, 0) is 0 Å². The van der Waals surface area contributed by atoms with Crippen molar-refractivity contribution >= 4 is 23.6 Å². The van der Waals surface area contributed by atoms with Crippen LogP contribution in [0.1, 0.15) is 6.42 Å². The SMILES string of the molecule is NC(=O)C(CC(=O)[O-])SCCO.[Na+]. The van der Waals surface area contributed by atoms with Crippen molar-refractivity contribution in [1.29, 1.82) is 0 Å². The second-order valence-electron chi connectivity index (χ2n) is 2.06. The number of rotatable bonds is 6. The monoisotopic (exact) mass is 215 g/mol. The maximum Gasteiger partial charge on any atom is 1.00 e. The van der Waals surface area contributed by atoms with Crippen LogP contribution in [0.15, 0.2) is 0 Å². The van der Waals surface area contributed by atoms with E-state index in [2.05, 4.69) is 0 Å². The molecule has 5 nitrogen and oxygen atoms in total. The molecule has 0 aliphatic rings. The van der Waals surface area contributed by atoms with Crippen LogP contribution in [0.3, 0.4) is 0 Å². The topological polar surface area (TPSA) is 103 Å². The fraction of sp³-hybridized carbons (Fsp3) is 0.667. The number of hydrogen-bond acceptors (Lipinski definition) is 5. The number of carbonyl (C=O) groups excluding carboxylic acids is 2. The van der Waals surface area contributed by atoms with Crippen LogP contribution in [0, 0.1) is 0 Å². The number of carboxylic acids is 1. The maximum atomic E-state index is 10.6. The predicted octanol–water partition coefficient (Wildman–Crippen LogP) is -5.29. The second kappa shape index (κ2) is 8.83. The summed E-state index contributed by atoms with van der Waals surface area (Å²) in [6.45, 7) is -0.110. The van der Waals surface area contributed by atoms with Crippen LogP contribution in [0.4, 0.5) is 0 Å². The Kier molecular flexibility index (Phi) is 10.7. The van der Waals surface area contributed by atoms with Gasteiger partial charge in [0.25, 0.3) is 0 Å². The summed E-state index contributed by atoms with van der Waals surface area (Å²) >= 11 is 1.01. The molecule has 13 heavy (non-hydrogen) atoms. The molecular formula is C6H10NNaO4S. The van der Waals surface area contributed by atoms with Crippen LogP contribution in [-0.4, -0.2) is 34.6 Å². The zero-order chi connectivity index (χ0) is 9.56. The van der Waals surface area contributed by atoms with E-state index < -0.39 is 23.5 Å². The average molecular weight is 215 g/mol. The number of aliphatic carboxylic acids is 1. The summed E-state index contributed by atoms with van der Waals surface area (Å²) < 4.78 is 0. The van der Waals surface area contributed by atoms with Crippen molar-refractivity contribution in [3.8, 4) is 0 Å². The molecule has 0 aliphatic heterocycles. The molecule has 0 saturated carbocycles. The standard InChI is InChI=1S/C6H11NO4S.Na/c7-6(11)4(3-5(9)10)12-2-1-8;/h4,8H,1-3H2,(H2,7,11)(H,9,10);/q;+1/p-1. The van der Waals surface area contributed by atoms with E-state index in [1.165, 1.54) is 0 Å². The molecule has 0 fully saturated rings. The van der Waals surface area contributed by atoms with E-state index in [0.29, 0.717) is 5.75 Å². The minimum atomic E-state index is -1.32. The molecule has 0 radical (unpaired) electrons. The summed E-state index contributed by atoms with van der Waals surface area (Å²) in [7, 11) is 0. The molecule has 0 aromatic rings. The summed E-state index contributed by atoms with van der Waals surface area (Å²) in [5, 5.41) is 17.7. The smallest absolute Gasteiger partial charge is 0.550 e. The Bertz CT molecular complexity index is 178. The molecular weight excluding hydrogens is 205 g/mol. The molecule has 7 heteroatoms. The van der Waals surface area contributed by atoms with Crippen LogP contribution in [0.5, 0.6) is 0 Å². The van der Waals surface area contributed by atoms with Gasteiger partial charge in [-0.25, -0.2) is 0 Å². The number of carbonyl (C=O) groups is 2. The van der Waals surface area contributed by atoms with Crippen molar-refractivity contribution in [3.63, 3.8) is 0 Å². The predicted molar refractivity (Wildman–Crippen MR) is 42.2 cm³/mol. The van der Waals surface area contributed by atoms with E-state index in [9.17, 15) is 14.7 Å². The van der Waals surface area contributed by atoms with Gasteiger partial charge in [0.2, 0.25) is 5.91 Å². The first-order chi connectivity index (χ1) is 5.57. The van der Waals surface area contributed by atoms with Gasteiger partial charge in [-0.2, -0.15) is 0 Å². The molecule has 1 atom stereocenters. The van der Waals surface area contributed by atoms with E-state index in [1.54, 1.807) is 0 Å². The van der Waals surface area contributed by atoms with Gasteiger partial charge in [-0.15, -0.1) is 11.8 Å². The van der Waals surface area contributed by atoms with Crippen LogP contribution in [0.25, 0.3) is 0 Å². The molecule has 0 aromatic carbocycles. The summed E-state index contributed by atoms with van der Waals surface area (Å²) in [6.07, 6.45) is -0.403. The van der Waals surface area contributed by atoms with Crippen molar-refractivity contribution in [2.75, 3.05) is 12.4 Å². The number of hydrogen-bond donors (Lipinski definition) is 2. The van der Waals surface area contributed by atoms with E-state index in [0.717, 1.165) is 11.8 Å². The van der Waals surface area contributed by atoms with Crippen LogP contribution in [-0.2, 0) is 9.59 Å². The molecule has 0 rings (SSSR count). The molecule has 0 bridgehead atoms. The second-order valence-corrected chi connectivity index (χ2v) is 3.37. The largest absolute Gasteiger partial charge is 1.00 e. The third kappa shape index (κ3) is 8.58. The van der Waals surface area contributed by atoms with Crippen molar-refractivity contribution in [2.45, 2.75) is 11.7 Å². The minimum absolute atomic E-state index is 0. The van der Waals surface area contributed by atoms with E-state index in [-0.39, 0.29) is 36.2 Å². The van der Waals surface area contributed by atoms with Crippen LogP contribution in [0.2, 0.25) is 0 Å². The Hall–Kier alpha value is 0.250. The fourth-order valence-corrected chi connectivity index (χ4v) is 1.40. The first-order valence-electron chi connectivity index (χ1n) is 3.29. The summed E-state index contributed by atoms with van der Waals surface area (Å²) in [4.78, 5) is 20.7. The molecule has 0 heterocycles. The van der Waals surface area contributed by atoms with Gasteiger partial charge in [0, 0.05) is 18.1 Å². The van der Waals surface area contributed by atoms with Gasteiger partial charge < -0.3 is 20.7 Å². The molecule has 0 aliphatic carbocycles. The molecule has 0 saturated heterocycles. The summed E-state index contributed by atoms with van der Waals surface area (Å²) in [5.74, 6) is -1.72. The Labute approximate surface area is 102 Å². The van der Waals surface area contributed by atoms with Gasteiger partial charge in [-0.1, -0.05) is 0 Å². The van der Waals surface area contributed by atoms with Gasteiger partial charge in [0.05, 0.1) is 11.9 Å². The number of carboxylic acid groups (broad SMARTS) is 1. The Balaban J connectivity index is 0. The quantitative estimate of drug-likeness (QED) is 0.431. The third-order valence-corrected chi connectivity index (χ3v) is 2.30. The fourth-order valence-electron chi connectivity index (χ4n) is 0.588.